The molecule has 0 aliphatic carbocycles. The Kier molecular flexibility index (Phi) is 4.40. The maximum absolute atomic E-state index is 13.7. The number of hydrogen-bond donors (Lipinski definition) is 0. The van der Waals surface area contributed by atoms with Crippen LogP contribution in [-0.2, 0) is 7.05 Å². The number of hydrogen-bond acceptors (Lipinski definition) is 5. The van der Waals surface area contributed by atoms with Gasteiger partial charge in [-0.2, -0.15) is 23.4 Å². The molecule has 1 aliphatic rings. The summed E-state index contributed by atoms with van der Waals surface area (Å²) >= 11 is 0. The summed E-state index contributed by atoms with van der Waals surface area (Å²) in [5, 5.41) is 8.96. The van der Waals surface area contributed by atoms with Crippen molar-refractivity contribution >= 4 is 22.8 Å². The second-order valence-corrected chi connectivity index (χ2v) is 7.83. The van der Waals surface area contributed by atoms with Crippen LogP contribution in [0.1, 0.15) is 34.2 Å². The number of aryl methyl sites for hydroxylation is 3. The molecule has 0 radical (unpaired) electrons. The van der Waals surface area contributed by atoms with Crippen molar-refractivity contribution in [2.24, 2.45) is 7.05 Å². The number of carbonyl (C=O) groups excluding carboxylic acids is 1. The molecule has 0 spiro atoms. The lowest BCUT2D eigenvalue weighted by atomic mass is 10.1. The van der Waals surface area contributed by atoms with E-state index >= 15 is 0 Å². The zero-order valence-electron chi connectivity index (χ0n) is 17.5. The van der Waals surface area contributed by atoms with Gasteiger partial charge in [0.05, 0.1) is 28.6 Å². The SMILES string of the molecule is Cc1cc2n(n1)C(C(F)(F)F)CCN2C(=O)c1cc(-c2ccco2)nc2c1c(C)nn2C. The number of carbonyl (C=O) groups is 1. The highest BCUT2D eigenvalue weighted by atomic mass is 19.4. The van der Waals surface area contributed by atoms with Gasteiger partial charge in [-0.1, -0.05) is 0 Å². The highest BCUT2D eigenvalue weighted by molar-refractivity contribution is 6.14. The summed E-state index contributed by atoms with van der Waals surface area (Å²) in [5.74, 6) is 0.145. The molecule has 32 heavy (non-hydrogen) atoms. The molecule has 1 unspecified atom stereocenters. The predicted octanol–water partition coefficient (Wildman–Crippen LogP) is 4.20. The van der Waals surface area contributed by atoms with Crippen LogP contribution in [0, 0.1) is 13.8 Å². The Morgan fingerprint density at radius 3 is 2.69 bits per heavy atom. The number of nitrogens with zero attached hydrogens (tertiary/aromatic N) is 6. The average molecular weight is 444 g/mol. The van der Waals surface area contributed by atoms with Crippen molar-refractivity contribution in [2.75, 3.05) is 11.4 Å². The molecule has 0 saturated heterocycles. The lowest BCUT2D eigenvalue weighted by molar-refractivity contribution is -0.172. The van der Waals surface area contributed by atoms with Crippen LogP contribution in [-0.4, -0.2) is 43.2 Å². The maximum atomic E-state index is 13.7. The van der Waals surface area contributed by atoms with E-state index in [-0.39, 0.29) is 18.8 Å². The number of pyridine rings is 1. The Hall–Kier alpha value is -3.63. The van der Waals surface area contributed by atoms with E-state index in [0.29, 0.717) is 39.4 Å². The van der Waals surface area contributed by atoms with Gasteiger partial charge in [-0.05, 0) is 38.5 Å². The second-order valence-electron chi connectivity index (χ2n) is 7.83. The Bertz CT molecular complexity index is 1340. The molecule has 4 aromatic rings. The number of anilines is 1. The fourth-order valence-corrected chi connectivity index (χ4v) is 4.24. The highest BCUT2D eigenvalue weighted by Gasteiger charge is 2.46. The molecule has 1 atom stereocenters. The molecule has 1 amide bonds. The molecule has 11 heteroatoms. The molecule has 1 aliphatic heterocycles. The van der Waals surface area contributed by atoms with Gasteiger partial charge in [0, 0.05) is 19.7 Å². The molecule has 166 valence electrons. The van der Waals surface area contributed by atoms with Crippen molar-refractivity contribution in [3.05, 3.63) is 47.5 Å². The van der Waals surface area contributed by atoms with Crippen molar-refractivity contribution in [1.82, 2.24) is 24.5 Å². The van der Waals surface area contributed by atoms with Crippen molar-refractivity contribution in [1.29, 1.82) is 0 Å². The van der Waals surface area contributed by atoms with Gasteiger partial charge in [-0.15, -0.1) is 0 Å². The number of rotatable bonds is 2. The summed E-state index contributed by atoms with van der Waals surface area (Å²) in [6.07, 6.45) is -3.24. The van der Waals surface area contributed by atoms with Crippen LogP contribution < -0.4 is 4.90 Å². The first-order chi connectivity index (χ1) is 15.1. The fourth-order valence-electron chi connectivity index (χ4n) is 4.24. The van der Waals surface area contributed by atoms with Crippen molar-refractivity contribution in [3.63, 3.8) is 0 Å². The first kappa shape index (κ1) is 20.3. The lowest BCUT2D eigenvalue weighted by Crippen LogP contribution is -2.43. The minimum Gasteiger partial charge on any atom is -0.463 e. The summed E-state index contributed by atoms with van der Waals surface area (Å²) in [6, 6.07) is 4.75. The molecule has 0 N–H and O–H groups in total. The summed E-state index contributed by atoms with van der Waals surface area (Å²) < 4.78 is 48.6. The summed E-state index contributed by atoms with van der Waals surface area (Å²) in [4.78, 5) is 19.7. The second kappa shape index (κ2) is 6.94. The van der Waals surface area contributed by atoms with Gasteiger partial charge in [0.25, 0.3) is 5.91 Å². The molecular weight excluding hydrogens is 425 g/mol. The van der Waals surface area contributed by atoms with Crippen molar-refractivity contribution < 1.29 is 22.4 Å². The smallest absolute Gasteiger partial charge is 0.410 e. The van der Waals surface area contributed by atoms with Crippen molar-refractivity contribution in [3.8, 4) is 11.5 Å². The monoisotopic (exact) mass is 444 g/mol. The minimum atomic E-state index is -4.46. The number of amides is 1. The topological polar surface area (TPSA) is 82.0 Å². The predicted molar refractivity (Wildman–Crippen MR) is 109 cm³/mol. The van der Waals surface area contributed by atoms with Gasteiger partial charge in [0.2, 0.25) is 0 Å². The fraction of sp³-hybridized carbons (Fsp3) is 0.333. The molecule has 8 nitrogen and oxygen atoms in total. The number of alkyl halides is 3. The van der Waals surface area contributed by atoms with E-state index in [9.17, 15) is 18.0 Å². The Morgan fingerprint density at radius 2 is 2.00 bits per heavy atom. The van der Waals surface area contributed by atoms with Gasteiger partial charge < -0.3 is 4.42 Å². The highest BCUT2D eigenvalue weighted by Crippen LogP contribution is 2.40. The molecular formula is C21H19F3N6O2. The van der Waals surface area contributed by atoms with Crippen LogP contribution in [0.3, 0.4) is 0 Å². The third-order valence-electron chi connectivity index (χ3n) is 5.63. The number of fused-ring (bicyclic) bond motifs is 2. The maximum Gasteiger partial charge on any atom is 0.410 e. The van der Waals surface area contributed by atoms with E-state index in [1.807, 2.05) is 0 Å². The van der Waals surface area contributed by atoms with Gasteiger partial charge in [0.1, 0.15) is 11.5 Å². The third kappa shape index (κ3) is 3.07. The number of furan rings is 1. The zero-order valence-corrected chi connectivity index (χ0v) is 17.5. The minimum absolute atomic E-state index is 0.0899. The third-order valence-corrected chi connectivity index (χ3v) is 5.63. The van der Waals surface area contributed by atoms with E-state index in [2.05, 4.69) is 15.2 Å². The van der Waals surface area contributed by atoms with E-state index in [0.717, 1.165) is 4.68 Å². The molecule has 0 bridgehead atoms. The van der Waals surface area contributed by atoms with Crippen LogP contribution in [0.4, 0.5) is 19.0 Å². The van der Waals surface area contributed by atoms with Crippen LogP contribution in [0.25, 0.3) is 22.5 Å². The van der Waals surface area contributed by atoms with Crippen molar-refractivity contribution in [2.45, 2.75) is 32.5 Å². The average Bonchev–Trinajstić information content (AvgIpc) is 3.45. The normalized spacial score (nSPS) is 16.6. The van der Waals surface area contributed by atoms with Gasteiger partial charge >= 0.3 is 6.18 Å². The summed E-state index contributed by atoms with van der Waals surface area (Å²) in [7, 11) is 1.72. The van der Waals surface area contributed by atoms with Gasteiger partial charge in [0.15, 0.2) is 17.4 Å². The molecule has 5 rings (SSSR count). The van der Waals surface area contributed by atoms with Gasteiger partial charge in [-0.3, -0.25) is 14.4 Å². The Morgan fingerprint density at radius 1 is 1.22 bits per heavy atom. The van der Waals surface area contributed by atoms with E-state index in [1.165, 1.54) is 17.2 Å². The standard InChI is InChI=1S/C21H19F3N6O2/c1-11-9-17-29(7-6-16(21(22,23)24)30(17)26-11)20(31)13-10-14(15-5-4-8-32-15)25-19-18(13)12(2)27-28(19)3/h4-5,8-10,16H,6-7H2,1-3H3. The zero-order chi connectivity index (χ0) is 22.8. The Labute approximate surface area is 180 Å². The van der Waals surface area contributed by atoms with Crippen LogP contribution in [0.5, 0.6) is 0 Å². The van der Waals surface area contributed by atoms with E-state index in [1.54, 1.807) is 43.8 Å². The summed E-state index contributed by atoms with van der Waals surface area (Å²) in [5.41, 5.74) is 2.21. The molecule has 0 saturated carbocycles. The van der Waals surface area contributed by atoms with Gasteiger partial charge in [-0.25, -0.2) is 9.67 Å². The quantitative estimate of drug-likeness (QED) is 0.463. The summed E-state index contributed by atoms with van der Waals surface area (Å²) in [6.45, 7) is 3.28. The number of aromatic nitrogens is 5. The molecule has 0 aromatic carbocycles. The van der Waals surface area contributed by atoms with E-state index in [4.69, 9.17) is 4.42 Å². The largest absolute Gasteiger partial charge is 0.463 e. The van der Waals surface area contributed by atoms with Crippen LogP contribution in [0.2, 0.25) is 0 Å². The molecule has 0 fully saturated rings. The van der Waals surface area contributed by atoms with Crippen LogP contribution >= 0.6 is 0 Å². The van der Waals surface area contributed by atoms with Crippen LogP contribution in [0.15, 0.2) is 34.9 Å². The Balaban J connectivity index is 1.67. The number of halogens is 3. The van der Waals surface area contributed by atoms with E-state index < -0.39 is 18.1 Å². The lowest BCUT2D eigenvalue weighted by Gasteiger charge is -2.34. The molecule has 4 aromatic heterocycles. The molecule has 5 heterocycles. The first-order valence-electron chi connectivity index (χ1n) is 9.98. The first-order valence-corrected chi connectivity index (χ1v) is 9.98.